The highest BCUT2D eigenvalue weighted by atomic mass is 127. The van der Waals surface area contributed by atoms with Crippen molar-refractivity contribution < 1.29 is 9.53 Å². The van der Waals surface area contributed by atoms with Crippen LogP contribution in [-0.4, -0.2) is 5.97 Å². The molecule has 0 bridgehead atoms. The largest absolute Gasteiger partial charge is 0.454 e. The van der Waals surface area contributed by atoms with Crippen molar-refractivity contribution in [3.8, 4) is 0 Å². The number of esters is 1. The van der Waals surface area contributed by atoms with Gasteiger partial charge in [0.1, 0.15) is 6.10 Å². The van der Waals surface area contributed by atoms with E-state index in [1.807, 2.05) is 30.3 Å². The second-order valence-corrected chi connectivity index (χ2v) is 6.59. The Bertz CT molecular complexity index is 721. The summed E-state index contributed by atoms with van der Waals surface area (Å²) in [7, 11) is 0. The summed E-state index contributed by atoms with van der Waals surface area (Å²) in [5.74, 6) is -0.255. The molecular weight excluding hydrogens is 387 g/mol. The van der Waals surface area contributed by atoms with E-state index < -0.39 is 0 Å². The van der Waals surface area contributed by atoms with Crippen molar-refractivity contribution in [1.29, 1.82) is 0 Å². The Morgan fingerprint density at radius 2 is 2.09 bits per heavy atom. The van der Waals surface area contributed by atoms with Crippen molar-refractivity contribution in [2.45, 2.75) is 25.4 Å². The lowest BCUT2D eigenvalue weighted by Gasteiger charge is -2.25. The molecule has 0 fully saturated rings. The molecule has 2 aromatic carbocycles. The number of hydrogen-bond donors (Lipinski definition) is 0. The van der Waals surface area contributed by atoms with Gasteiger partial charge in [0.05, 0.1) is 5.56 Å². The van der Waals surface area contributed by atoms with Crippen molar-refractivity contribution in [3.63, 3.8) is 0 Å². The van der Waals surface area contributed by atoms with Gasteiger partial charge in [0.2, 0.25) is 0 Å². The molecule has 3 rings (SSSR count). The second-order valence-electron chi connectivity index (χ2n) is 5.43. The molecule has 2 nitrogen and oxygen atoms in total. The van der Waals surface area contributed by atoms with E-state index in [4.69, 9.17) is 4.74 Å². The van der Waals surface area contributed by atoms with Crippen LogP contribution in [0.25, 0.3) is 6.08 Å². The topological polar surface area (TPSA) is 26.3 Å². The molecule has 2 aromatic rings. The van der Waals surface area contributed by atoms with Crippen LogP contribution in [0.3, 0.4) is 0 Å². The molecule has 0 aromatic heterocycles. The second kappa shape index (κ2) is 6.65. The fraction of sp³-hybridized carbons (Fsp3) is 0.211. The SMILES string of the molecule is C=Cc1ccc(I)c(C(=O)OC2CCCc3ccccc32)c1. The molecule has 1 aliphatic rings. The van der Waals surface area contributed by atoms with Crippen molar-refractivity contribution in [2.75, 3.05) is 0 Å². The Kier molecular flexibility index (Phi) is 4.62. The van der Waals surface area contributed by atoms with Gasteiger partial charge in [-0.2, -0.15) is 0 Å². The van der Waals surface area contributed by atoms with Crippen molar-refractivity contribution >= 4 is 34.6 Å². The van der Waals surface area contributed by atoms with Gasteiger partial charge in [-0.3, -0.25) is 0 Å². The van der Waals surface area contributed by atoms with Gasteiger partial charge in [0, 0.05) is 3.57 Å². The standard InChI is InChI=1S/C19H17IO2/c1-2-13-10-11-17(20)16(12-13)19(21)22-18-9-5-7-14-6-3-4-8-15(14)18/h2-4,6,8,10-12,18H,1,5,7,9H2. The number of carbonyl (C=O) groups is 1. The van der Waals surface area contributed by atoms with Crippen molar-refractivity contribution in [3.05, 3.63) is 74.9 Å². The van der Waals surface area contributed by atoms with E-state index in [1.54, 1.807) is 6.08 Å². The molecular formula is C19H17IO2. The summed E-state index contributed by atoms with van der Waals surface area (Å²) in [4.78, 5) is 12.6. The van der Waals surface area contributed by atoms with E-state index in [1.165, 1.54) is 5.56 Å². The first-order valence-electron chi connectivity index (χ1n) is 7.40. The summed E-state index contributed by atoms with van der Waals surface area (Å²) in [5, 5.41) is 0. The minimum absolute atomic E-state index is 0.138. The molecule has 22 heavy (non-hydrogen) atoms. The van der Waals surface area contributed by atoms with Crippen LogP contribution in [-0.2, 0) is 11.2 Å². The van der Waals surface area contributed by atoms with Gasteiger partial charge in [-0.15, -0.1) is 0 Å². The molecule has 0 heterocycles. The highest BCUT2D eigenvalue weighted by Gasteiger charge is 2.24. The van der Waals surface area contributed by atoms with Gasteiger partial charge in [-0.1, -0.05) is 43.0 Å². The Hall–Kier alpha value is -1.62. The first-order valence-corrected chi connectivity index (χ1v) is 8.47. The maximum atomic E-state index is 12.6. The number of carbonyl (C=O) groups excluding carboxylic acids is 1. The van der Waals surface area contributed by atoms with Gasteiger partial charge >= 0.3 is 5.97 Å². The van der Waals surface area contributed by atoms with E-state index in [2.05, 4.69) is 41.3 Å². The average molecular weight is 404 g/mol. The van der Waals surface area contributed by atoms with E-state index >= 15 is 0 Å². The fourth-order valence-electron chi connectivity index (χ4n) is 2.85. The third-order valence-corrected chi connectivity index (χ3v) is 4.95. The maximum Gasteiger partial charge on any atom is 0.339 e. The molecule has 1 aliphatic carbocycles. The molecule has 3 heteroatoms. The predicted molar refractivity (Wildman–Crippen MR) is 96.8 cm³/mol. The summed E-state index contributed by atoms with van der Waals surface area (Å²) in [5.41, 5.74) is 3.98. The minimum Gasteiger partial charge on any atom is -0.454 e. The Morgan fingerprint density at radius 3 is 2.91 bits per heavy atom. The van der Waals surface area contributed by atoms with Crippen LogP contribution >= 0.6 is 22.6 Å². The number of aryl methyl sites for hydroxylation is 1. The Labute approximate surface area is 144 Å². The van der Waals surface area contributed by atoms with E-state index in [0.29, 0.717) is 5.56 Å². The highest BCUT2D eigenvalue weighted by molar-refractivity contribution is 14.1. The lowest BCUT2D eigenvalue weighted by atomic mass is 9.89. The van der Waals surface area contributed by atoms with Crippen LogP contribution in [0, 0.1) is 3.57 Å². The molecule has 0 saturated carbocycles. The number of benzene rings is 2. The zero-order valence-electron chi connectivity index (χ0n) is 12.2. The molecule has 0 radical (unpaired) electrons. The number of fused-ring (bicyclic) bond motifs is 1. The van der Waals surface area contributed by atoms with Crippen LogP contribution in [0.5, 0.6) is 0 Å². The summed E-state index contributed by atoms with van der Waals surface area (Å²) >= 11 is 2.17. The monoisotopic (exact) mass is 404 g/mol. The van der Waals surface area contributed by atoms with Crippen molar-refractivity contribution in [2.24, 2.45) is 0 Å². The van der Waals surface area contributed by atoms with Gasteiger partial charge in [-0.05, 0) is 70.7 Å². The van der Waals surface area contributed by atoms with E-state index in [-0.39, 0.29) is 12.1 Å². The number of rotatable bonds is 3. The van der Waals surface area contributed by atoms with Crippen LogP contribution < -0.4 is 0 Å². The first-order chi connectivity index (χ1) is 10.7. The number of halogens is 1. The van der Waals surface area contributed by atoms with Crippen LogP contribution in [0.2, 0.25) is 0 Å². The first kappa shape index (κ1) is 15.3. The third kappa shape index (κ3) is 3.09. The summed E-state index contributed by atoms with van der Waals surface area (Å²) < 4.78 is 6.71. The minimum atomic E-state index is -0.255. The van der Waals surface area contributed by atoms with Gasteiger partial charge in [0.15, 0.2) is 0 Å². The molecule has 0 spiro atoms. The third-order valence-electron chi connectivity index (χ3n) is 4.01. The summed E-state index contributed by atoms with van der Waals surface area (Å²) in [6, 6.07) is 13.9. The normalized spacial score (nSPS) is 16.7. The van der Waals surface area contributed by atoms with Gasteiger partial charge in [0.25, 0.3) is 0 Å². The van der Waals surface area contributed by atoms with Gasteiger partial charge in [-0.25, -0.2) is 4.79 Å². The number of ether oxygens (including phenoxy) is 1. The van der Waals surface area contributed by atoms with Crippen LogP contribution in [0.4, 0.5) is 0 Å². The molecule has 0 N–H and O–H groups in total. The van der Waals surface area contributed by atoms with Crippen LogP contribution in [0.1, 0.15) is 46.0 Å². The molecule has 112 valence electrons. The Balaban J connectivity index is 1.85. The summed E-state index contributed by atoms with van der Waals surface area (Å²) in [6.45, 7) is 3.75. The highest BCUT2D eigenvalue weighted by Crippen LogP contribution is 2.33. The molecule has 1 unspecified atom stereocenters. The van der Waals surface area contributed by atoms with E-state index in [0.717, 1.165) is 34.0 Å². The fourth-order valence-corrected chi connectivity index (χ4v) is 3.41. The van der Waals surface area contributed by atoms with E-state index in [9.17, 15) is 4.79 Å². The lowest BCUT2D eigenvalue weighted by Crippen LogP contribution is -2.17. The lowest BCUT2D eigenvalue weighted by molar-refractivity contribution is 0.0255. The molecule has 0 saturated heterocycles. The average Bonchev–Trinajstić information content (AvgIpc) is 2.55. The molecule has 0 aliphatic heterocycles. The van der Waals surface area contributed by atoms with Gasteiger partial charge < -0.3 is 4.74 Å². The predicted octanol–water partition coefficient (Wildman–Crippen LogP) is 5.17. The molecule has 0 amide bonds. The summed E-state index contributed by atoms with van der Waals surface area (Å²) in [6.07, 6.45) is 4.61. The Morgan fingerprint density at radius 1 is 1.27 bits per heavy atom. The molecule has 1 atom stereocenters. The maximum absolute atomic E-state index is 12.6. The van der Waals surface area contributed by atoms with Crippen molar-refractivity contribution in [1.82, 2.24) is 0 Å². The zero-order chi connectivity index (χ0) is 15.5. The smallest absolute Gasteiger partial charge is 0.339 e. The number of hydrogen-bond acceptors (Lipinski definition) is 2. The quantitative estimate of drug-likeness (QED) is 0.521. The zero-order valence-corrected chi connectivity index (χ0v) is 14.4. The van der Waals surface area contributed by atoms with Crippen LogP contribution in [0.15, 0.2) is 49.0 Å².